The van der Waals surface area contributed by atoms with E-state index in [-0.39, 0.29) is 5.97 Å². The van der Waals surface area contributed by atoms with Gasteiger partial charge in [-0.25, -0.2) is 4.79 Å². The number of esters is 1. The van der Waals surface area contributed by atoms with Gasteiger partial charge in [0.05, 0.1) is 12.2 Å². The topological polar surface area (TPSA) is 38.3 Å². The van der Waals surface area contributed by atoms with E-state index in [9.17, 15) is 4.79 Å². The molecule has 1 aliphatic rings. The number of hydrogen-bond acceptors (Lipinski definition) is 3. The van der Waals surface area contributed by atoms with Crippen molar-refractivity contribution in [3.05, 3.63) is 29.3 Å². The van der Waals surface area contributed by atoms with Crippen LogP contribution >= 0.6 is 0 Å². The molecule has 0 fully saturated rings. The third kappa shape index (κ3) is 2.18. The van der Waals surface area contributed by atoms with E-state index in [1.54, 1.807) is 0 Å². The third-order valence-corrected chi connectivity index (χ3v) is 2.86. The van der Waals surface area contributed by atoms with E-state index in [1.807, 2.05) is 25.1 Å². The molecule has 86 valence electrons. The van der Waals surface area contributed by atoms with Crippen LogP contribution in [0.5, 0.6) is 0 Å². The average molecular weight is 219 g/mol. The molecule has 3 heteroatoms. The average Bonchev–Trinajstić information content (AvgIpc) is 2.28. The molecule has 16 heavy (non-hydrogen) atoms. The molecule has 1 aromatic carbocycles. The van der Waals surface area contributed by atoms with Crippen molar-refractivity contribution >= 4 is 11.7 Å². The molecule has 0 saturated heterocycles. The number of ether oxygens (including phenoxy) is 1. The van der Waals surface area contributed by atoms with E-state index in [2.05, 4.69) is 12.2 Å². The van der Waals surface area contributed by atoms with Gasteiger partial charge < -0.3 is 10.1 Å². The first-order chi connectivity index (χ1) is 7.70. The molecule has 1 aliphatic heterocycles. The normalized spacial score (nSPS) is 18.5. The lowest BCUT2D eigenvalue weighted by atomic mass is 9.97. The molecule has 0 saturated carbocycles. The maximum atomic E-state index is 11.6. The van der Waals surface area contributed by atoms with Crippen LogP contribution < -0.4 is 5.32 Å². The monoisotopic (exact) mass is 219 g/mol. The SMILES string of the molecule is CCOC(=O)c1ccc2c(c1)CCC(C)N2. The van der Waals surface area contributed by atoms with Crippen molar-refractivity contribution in [1.82, 2.24) is 0 Å². The van der Waals surface area contributed by atoms with Gasteiger partial charge in [-0.15, -0.1) is 0 Å². The van der Waals surface area contributed by atoms with Crippen molar-refractivity contribution in [2.45, 2.75) is 32.7 Å². The zero-order chi connectivity index (χ0) is 11.5. The second kappa shape index (κ2) is 4.56. The Balaban J connectivity index is 2.22. The summed E-state index contributed by atoms with van der Waals surface area (Å²) >= 11 is 0. The van der Waals surface area contributed by atoms with Gasteiger partial charge >= 0.3 is 5.97 Å². The van der Waals surface area contributed by atoms with Crippen LogP contribution in [0.4, 0.5) is 5.69 Å². The van der Waals surface area contributed by atoms with E-state index in [0.717, 1.165) is 18.5 Å². The van der Waals surface area contributed by atoms with E-state index in [0.29, 0.717) is 18.2 Å². The third-order valence-electron chi connectivity index (χ3n) is 2.86. The minimum atomic E-state index is -0.232. The summed E-state index contributed by atoms with van der Waals surface area (Å²) in [7, 11) is 0. The zero-order valence-corrected chi connectivity index (χ0v) is 9.75. The number of anilines is 1. The summed E-state index contributed by atoms with van der Waals surface area (Å²) < 4.78 is 4.98. The van der Waals surface area contributed by atoms with Gasteiger partial charge in [-0.1, -0.05) is 0 Å². The van der Waals surface area contributed by atoms with Crippen LogP contribution in [0.2, 0.25) is 0 Å². The maximum absolute atomic E-state index is 11.6. The molecular weight excluding hydrogens is 202 g/mol. The van der Waals surface area contributed by atoms with Gasteiger partial charge in [-0.3, -0.25) is 0 Å². The van der Waals surface area contributed by atoms with Crippen molar-refractivity contribution in [1.29, 1.82) is 0 Å². The van der Waals surface area contributed by atoms with Crippen LogP contribution in [0.15, 0.2) is 18.2 Å². The van der Waals surface area contributed by atoms with Gasteiger partial charge in [0, 0.05) is 11.7 Å². The molecule has 2 rings (SSSR count). The Morgan fingerprint density at radius 1 is 1.56 bits per heavy atom. The Labute approximate surface area is 95.8 Å². The lowest BCUT2D eigenvalue weighted by Gasteiger charge is -2.24. The molecule has 1 aromatic rings. The van der Waals surface area contributed by atoms with Crippen LogP contribution in [0.3, 0.4) is 0 Å². The van der Waals surface area contributed by atoms with Gasteiger partial charge in [0.2, 0.25) is 0 Å². The predicted octanol–water partition coefficient (Wildman–Crippen LogP) is 2.61. The molecule has 1 unspecified atom stereocenters. The largest absolute Gasteiger partial charge is 0.462 e. The summed E-state index contributed by atoms with van der Waals surface area (Å²) in [6.45, 7) is 4.41. The van der Waals surface area contributed by atoms with Gasteiger partial charge in [0.1, 0.15) is 0 Å². The highest BCUT2D eigenvalue weighted by atomic mass is 16.5. The molecular formula is C13H17NO2. The van der Waals surface area contributed by atoms with Crippen LogP contribution in [0, 0.1) is 0 Å². The number of aryl methyl sites for hydroxylation is 1. The standard InChI is InChI=1S/C13H17NO2/c1-3-16-13(15)11-6-7-12-10(8-11)5-4-9(2)14-12/h6-9,14H,3-5H2,1-2H3. The van der Waals surface area contributed by atoms with Crippen molar-refractivity contribution < 1.29 is 9.53 Å². The fourth-order valence-electron chi connectivity index (χ4n) is 1.99. The minimum absolute atomic E-state index is 0.232. The fourth-order valence-corrected chi connectivity index (χ4v) is 1.99. The van der Waals surface area contributed by atoms with Crippen molar-refractivity contribution in [2.24, 2.45) is 0 Å². The van der Waals surface area contributed by atoms with E-state index < -0.39 is 0 Å². The first-order valence-corrected chi connectivity index (χ1v) is 5.77. The van der Waals surface area contributed by atoms with Crippen LogP contribution in [0.25, 0.3) is 0 Å². The highest BCUT2D eigenvalue weighted by Crippen LogP contribution is 2.25. The van der Waals surface area contributed by atoms with Crippen LogP contribution in [0.1, 0.15) is 36.2 Å². The van der Waals surface area contributed by atoms with E-state index in [4.69, 9.17) is 4.74 Å². The number of benzene rings is 1. The smallest absolute Gasteiger partial charge is 0.338 e. The van der Waals surface area contributed by atoms with Gasteiger partial charge in [0.25, 0.3) is 0 Å². The maximum Gasteiger partial charge on any atom is 0.338 e. The summed E-state index contributed by atoms with van der Waals surface area (Å²) in [5, 5.41) is 3.41. The first-order valence-electron chi connectivity index (χ1n) is 5.77. The number of carbonyl (C=O) groups is 1. The van der Waals surface area contributed by atoms with Gasteiger partial charge in [-0.2, -0.15) is 0 Å². The molecule has 0 aromatic heterocycles. The molecule has 0 spiro atoms. The van der Waals surface area contributed by atoms with Crippen LogP contribution in [-0.4, -0.2) is 18.6 Å². The number of fused-ring (bicyclic) bond motifs is 1. The molecule has 3 nitrogen and oxygen atoms in total. The summed E-state index contributed by atoms with van der Waals surface area (Å²) in [4.78, 5) is 11.6. The fraction of sp³-hybridized carbons (Fsp3) is 0.462. The zero-order valence-electron chi connectivity index (χ0n) is 9.75. The van der Waals surface area contributed by atoms with Crippen LogP contribution in [-0.2, 0) is 11.2 Å². The Morgan fingerprint density at radius 2 is 2.38 bits per heavy atom. The molecule has 0 amide bonds. The van der Waals surface area contributed by atoms with E-state index >= 15 is 0 Å². The summed E-state index contributed by atoms with van der Waals surface area (Å²) in [5.74, 6) is -0.232. The number of hydrogen-bond donors (Lipinski definition) is 1. The van der Waals surface area contributed by atoms with Crippen molar-refractivity contribution in [3.8, 4) is 0 Å². The van der Waals surface area contributed by atoms with Crippen molar-refractivity contribution in [3.63, 3.8) is 0 Å². The highest BCUT2D eigenvalue weighted by Gasteiger charge is 2.16. The summed E-state index contributed by atoms with van der Waals surface area (Å²) in [5.41, 5.74) is 3.01. The van der Waals surface area contributed by atoms with Crippen molar-refractivity contribution in [2.75, 3.05) is 11.9 Å². The number of rotatable bonds is 2. The minimum Gasteiger partial charge on any atom is -0.462 e. The second-order valence-corrected chi connectivity index (χ2v) is 4.18. The Hall–Kier alpha value is -1.51. The molecule has 0 radical (unpaired) electrons. The van der Waals surface area contributed by atoms with E-state index in [1.165, 1.54) is 5.56 Å². The quantitative estimate of drug-likeness (QED) is 0.777. The Bertz CT molecular complexity index is 401. The predicted molar refractivity (Wildman–Crippen MR) is 63.8 cm³/mol. The van der Waals surface area contributed by atoms with Gasteiger partial charge in [-0.05, 0) is 50.5 Å². The Kier molecular flexibility index (Phi) is 3.13. The first kappa shape index (κ1) is 11.0. The molecule has 1 heterocycles. The molecule has 0 bridgehead atoms. The highest BCUT2D eigenvalue weighted by molar-refractivity contribution is 5.90. The van der Waals surface area contributed by atoms with Gasteiger partial charge in [0.15, 0.2) is 0 Å². The molecule has 1 N–H and O–H groups in total. The second-order valence-electron chi connectivity index (χ2n) is 4.18. The number of carbonyl (C=O) groups excluding carboxylic acids is 1. The summed E-state index contributed by atoms with van der Waals surface area (Å²) in [6, 6.07) is 6.24. The Morgan fingerprint density at radius 3 is 3.12 bits per heavy atom. The lowest BCUT2D eigenvalue weighted by molar-refractivity contribution is 0.0526. The lowest BCUT2D eigenvalue weighted by Crippen LogP contribution is -2.22. The molecule has 1 atom stereocenters. The molecule has 0 aliphatic carbocycles. The number of nitrogens with one attached hydrogen (secondary N) is 1. The summed E-state index contributed by atoms with van der Waals surface area (Å²) in [6.07, 6.45) is 2.13.